The van der Waals surface area contributed by atoms with Gasteiger partial charge in [-0.15, -0.1) is 0 Å². The molecule has 0 aliphatic heterocycles. The SMILES string of the molecule is Cc1ccc(OCC(=O)NCCNC(=O)c2ccc(C(C)C)cc2)cc1C. The van der Waals surface area contributed by atoms with Gasteiger partial charge in [-0.1, -0.05) is 32.0 Å². The van der Waals surface area contributed by atoms with E-state index in [0.717, 1.165) is 5.56 Å². The van der Waals surface area contributed by atoms with Crippen LogP contribution in [0.15, 0.2) is 42.5 Å². The molecule has 27 heavy (non-hydrogen) atoms. The van der Waals surface area contributed by atoms with Crippen molar-refractivity contribution in [2.75, 3.05) is 19.7 Å². The largest absolute Gasteiger partial charge is 0.484 e. The van der Waals surface area contributed by atoms with E-state index in [4.69, 9.17) is 4.74 Å². The fourth-order valence-electron chi connectivity index (χ4n) is 2.50. The van der Waals surface area contributed by atoms with E-state index < -0.39 is 0 Å². The van der Waals surface area contributed by atoms with Crippen LogP contribution < -0.4 is 15.4 Å². The molecule has 144 valence electrons. The van der Waals surface area contributed by atoms with Crippen LogP contribution in [0.25, 0.3) is 0 Å². The normalized spacial score (nSPS) is 10.6. The summed E-state index contributed by atoms with van der Waals surface area (Å²) in [4.78, 5) is 23.9. The Balaban J connectivity index is 1.67. The Hall–Kier alpha value is -2.82. The predicted molar refractivity (Wildman–Crippen MR) is 107 cm³/mol. The molecule has 0 saturated carbocycles. The second-order valence-corrected chi connectivity index (χ2v) is 6.92. The molecular formula is C22H28N2O3. The van der Waals surface area contributed by atoms with Gasteiger partial charge in [-0.2, -0.15) is 0 Å². The Labute approximate surface area is 161 Å². The minimum atomic E-state index is -0.219. The minimum absolute atomic E-state index is 0.0485. The quantitative estimate of drug-likeness (QED) is 0.702. The monoisotopic (exact) mass is 368 g/mol. The van der Waals surface area contributed by atoms with E-state index in [2.05, 4.69) is 24.5 Å². The van der Waals surface area contributed by atoms with Gasteiger partial charge in [0.15, 0.2) is 6.61 Å². The van der Waals surface area contributed by atoms with Crippen LogP contribution in [0.1, 0.15) is 46.8 Å². The van der Waals surface area contributed by atoms with Gasteiger partial charge in [0.25, 0.3) is 11.8 Å². The van der Waals surface area contributed by atoms with E-state index in [0.29, 0.717) is 30.3 Å². The number of carbonyl (C=O) groups excluding carboxylic acids is 2. The van der Waals surface area contributed by atoms with E-state index in [1.165, 1.54) is 11.1 Å². The molecule has 0 spiro atoms. The molecule has 0 aliphatic carbocycles. The molecule has 0 bridgehead atoms. The number of ether oxygens (including phenoxy) is 1. The molecule has 0 radical (unpaired) electrons. The Morgan fingerprint density at radius 2 is 1.59 bits per heavy atom. The second kappa shape index (κ2) is 9.76. The summed E-state index contributed by atoms with van der Waals surface area (Å²) in [6, 6.07) is 13.3. The van der Waals surface area contributed by atoms with E-state index in [9.17, 15) is 9.59 Å². The van der Waals surface area contributed by atoms with Crippen LogP contribution in [0.3, 0.4) is 0 Å². The van der Waals surface area contributed by atoms with Gasteiger partial charge in [-0.25, -0.2) is 0 Å². The van der Waals surface area contributed by atoms with Crippen molar-refractivity contribution in [1.82, 2.24) is 10.6 Å². The third-order valence-corrected chi connectivity index (χ3v) is 4.42. The second-order valence-electron chi connectivity index (χ2n) is 6.92. The molecule has 2 rings (SSSR count). The standard InChI is InChI=1S/C22H28N2O3/c1-15(2)18-6-8-19(9-7-18)22(26)24-12-11-23-21(25)14-27-20-10-5-16(3)17(4)13-20/h5-10,13,15H,11-12,14H2,1-4H3,(H,23,25)(H,24,26). The summed E-state index contributed by atoms with van der Waals surface area (Å²) >= 11 is 0. The third kappa shape index (κ3) is 6.44. The van der Waals surface area contributed by atoms with E-state index in [1.807, 2.05) is 56.3 Å². The van der Waals surface area contributed by atoms with Crippen molar-refractivity contribution in [3.05, 3.63) is 64.7 Å². The fourth-order valence-corrected chi connectivity index (χ4v) is 2.50. The topological polar surface area (TPSA) is 67.4 Å². The third-order valence-electron chi connectivity index (χ3n) is 4.42. The van der Waals surface area contributed by atoms with Crippen molar-refractivity contribution >= 4 is 11.8 Å². The molecule has 0 aliphatic rings. The average Bonchev–Trinajstić information content (AvgIpc) is 2.66. The number of carbonyl (C=O) groups is 2. The highest BCUT2D eigenvalue weighted by Crippen LogP contribution is 2.16. The fraction of sp³-hybridized carbons (Fsp3) is 0.364. The number of hydrogen-bond donors (Lipinski definition) is 2. The highest BCUT2D eigenvalue weighted by Gasteiger charge is 2.07. The summed E-state index contributed by atoms with van der Waals surface area (Å²) in [5, 5.41) is 5.53. The van der Waals surface area contributed by atoms with Gasteiger partial charge >= 0.3 is 0 Å². The summed E-state index contributed by atoms with van der Waals surface area (Å²) in [5.74, 6) is 0.740. The number of amides is 2. The Bertz CT molecular complexity index is 783. The van der Waals surface area contributed by atoms with Gasteiger partial charge in [0, 0.05) is 18.7 Å². The van der Waals surface area contributed by atoms with Crippen molar-refractivity contribution in [2.24, 2.45) is 0 Å². The molecule has 5 nitrogen and oxygen atoms in total. The lowest BCUT2D eigenvalue weighted by molar-refractivity contribution is -0.123. The first kappa shape index (κ1) is 20.5. The van der Waals surface area contributed by atoms with Gasteiger partial charge < -0.3 is 15.4 Å². The Kier molecular flexibility index (Phi) is 7.41. The zero-order valence-corrected chi connectivity index (χ0v) is 16.5. The number of hydrogen-bond acceptors (Lipinski definition) is 3. The van der Waals surface area contributed by atoms with Crippen molar-refractivity contribution < 1.29 is 14.3 Å². The van der Waals surface area contributed by atoms with Gasteiger partial charge in [-0.05, 0) is 60.7 Å². The first-order valence-electron chi connectivity index (χ1n) is 9.21. The summed E-state index contributed by atoms with van der Waals surface area (Å²) in [5.41, 5.74) is 4.12. The predicted octanol–water partition coefficient (Wildman–Crippen LogP) is 3.35. The highest BCUT2D eigenvalue weighted by atomic mass is 16.5. The summed E-state index contributed by atoms with van der Waals surface area (Å²) < 4.78 is 5.48. The van der Waals surface area contributed by atoms with Crippen LogP contribution in [0.5, 0.6) is 5.75 Å². The Morgan fingerprint density at radius 3 is 2.22 bits per heavy atom. The molecule has 0 saturated heterocycles. The van der Waals surface area contributed by atoms with E-state index >= 15 is 0 Å². The van der Waals surface area contributed by atoms with Gasteiger partial charge in [0.1, 0.15) is 5.75 Å². The van der Waals surface area contributed by atoms with Crippen LogP contribution >= 0.6 is 0 Å². The zero-order valence-electron chi connectivity index (χ0n) is 16.5. The summed E-state index contributed by atoms with van der Waals surface area (Å²) in [6.07, 6.45) is 0. The molecule has 0 aromatic heterocycles. The first-order chi connectivity index (χ1) is 12.9. The molecule has 2 amide bonds. The lowest BCUT2D eigenvalue weighted by Gasteiger charge is -2.10. The van der Waals surface area contributed by atoms with Crippen LogP contribution in [0.2, 0.25) is 0 Å². The van der Waals surface area contributed by atoms with Crippen LogP contribution in [0.4, 0.5) is 0 Å². The number of aryl methyl sites for hydroxylation is 2. The summed E-state index contributed by atoms with van der Waals surface area (Å²) in [6.45, 7) is 8.92. The van der Waals surface area contributed by atoms with Crippen LogP contribution in [-0.4, -0.2) is 31.5 Å². The smallest absolute Gasteiger partial charge is 0.258 e. The molecule has 5 heteroatoms. The van der Waals surface area contributed by atoms with Crippen LogP contribution in [0, 0.1) is 13.8 Å². The molecule has 2 N–H and O–H groups in total. The lowest BCUT2D eigenvalue weighted by atomic mass is 10.0. The van der Waals surface area contributed by atoms with Crippen molar-refractivity contribution in [3.8, 4) is 5.75 Å². The first-order valence-corrected chi connectivity index (χ1v) is 9.21. The van der Waals surface area contributed by atoms with E-state index in [-0.39, 0.29) is 18.4 Å². The number of benzene rings is 2. The Morgan fingerprint density at radius 1 is 0.926 bits per heavy atom. The maximum Gasteiger partial charge on any atom is 0.258 e. The van der Waals surface area contributed by atoms with E-state index in [1.54, 1.807) is 0 Å². The molecule has 0 fully saturated rings. The molecule has 2 aromatic rings. The molecular weight excluding hydrogens is 340 g/mol. The zero-order chi connectivity index (χ0) is 19.8. The molecule has 2 aromatic carbocycles. The van der Waals surface area contributed by atoms with Crippen molar-refractivity contribution in [2.45, 2.75) is 33.6 Å². The summed E-state index contributed by atoms with van der Waals surface area (Å²) in [7, 11) is 0. The number of rotatable bonds is 8. The molecule has 0 heterocycles. The molecule has 0 atom stereocenters. The minimum Gasteiger partial charge on any atom is -0.484 e. The average molecular weight is 368 g/mol. The number of nitrogens with one attached hydrogen (secondary N) is 2. The molecule has 0 unspecified atom stereocenters. The maximum atomic E-state index is 12.1. The lowest BCUT2D eigenvalue weighted by Crippen LogP contribution is -2.36. The van der Waals surface area contributed by atoms with Crippen molar-refractivity contribution in [1.29, 1.82) is 0 Å². The van der Waals surface area contributed by atoms with Gasteiger partial charge in [0.05, 0.1) is 0 Å². The maximum absolute atomic E-state index is 12.1. The van der Waals surface area contributed by atoms with Gasteiger partial charge in [-0.3, -0.25) is 9.59 Å². The highest BCUT2D eigenvalue weighted by molar-refractivity contribution is 5.94. The van der Waals surface area contributed by atoms with Gasteiger partial charge in [0.2, 0.25) is 0 Å². The van der Waals surface area contributed by atoms with Crippen molar-refractivity contribution in [3.63, 3.8) is 0 Å². The van der Waals surface area contributed by atoms with Crippen LogP contribution in [-0.2, 0) is 4.79 Å².